The van der Waals surface area contributed by atoms with Gasteiger partial charge in [0.25, 0.3) is 0 Å². The lowest BCUT2D eigenvalue weighted by atomic mass is 9.73. The Kier molecular flexibility index (Phi) is 10.4. The van der Waals surface area contributed by atoms with E-state index in [4.69, 9.17) is 4.99 Å². The van der Waals surface area contributed by atoms with E-state index in [1.54, 1.807) is 11.2 Å². The van der Waals surface area contributed by atoms with Gasteiger partial charge < -0.3 is 10.6 Å². The van der Waals surface area contributed by atoms with Crippen molar-refractivity contribution in [2.24, 2.45) is 4.99 Å². The van der Waals surface area contributed by atoms with Crippen LogP contribution in [-0.2, 0) is 15.4 Å². The van der Waals surface area contributed by atoms with E-state index in [2.05, 4.69) is 35.1 Å². The molecule has 1 saturated heterocycles. The van der Waals surface area contributed by atoms with Crippen LogP contribution < -0.4 is 10.6 Å². The van der Waals surface area contributed by atoms with Crippen molar-refractivity contribution in [1.29, 1.82) is 0 Å². The first-order chi connectivity index (χ1) is 14.0. The average molecular weight is 569 g/mol. The van der Waals surface area contributed by atoms with Gasteiger partial charge in [-0.3, -0.25) is 4.99 Å². The van der Waals surface area contributed by atoms with Crippen LogP contribution in [0.4, 0.5) is 0 Å². The normalized spacial score (nSPS) is 21.1. The topological polar surface area (TPSA) is 73.8 Å². The summed E-state index contributed by atoms with van der Waals surface area (Å²) in [5.41, 5.74) is 0.174. The maximum Gasteiger partial charge on any atom is 0.213 e. The third kappa shape index (κ3) is 6.56. The molecular weight excluding hydrogens is 531 g/mol. The van der Waals surface area contributed by atoms with Gasteiger partial charge in [-0.25, -0.2) is 12.7 Å². The number of nitrogens with one attached hydrogen (secondary N) is 2. The van der Waals surface area contributed by atoms with Crippen molar-refractivity contribution in [3.63, 3.8) is 0 Å². The first-order valence-electron chi connectivity index (χ1n) is 11.1. The van der Waals surface area contributed by atoms with Crippen LogP contribution >= 0.6 is 35.3 Å². The molecule has 2 N–H and O–H groups in total. The van der Waals surface area contributed by atoms with E-state index in [-0.39, 0.29) is 41.2 Å². The highest BCUT2D eigenvalue weighted by Crippen LogP contribution is 2.41. The molecule has 1 saturated carbocycles. The Balaban J connectivity index is 0.00000320. The van der Waals surface area contributed by atoms with Crippen LogP contribution in [-0.4, -0.2) is 56.7 Å². The first kappa shape index (κ1) is 25.9. The Labute approximate surface area is 203 Å². The summed E-state index contributed by atoms with van der Waals surface area (Å²) in [6, 6.07) is 4.69. The number of sulfonamides is 1. The van der Waals surface area contributed by atoms with E-state index in [1.807, 2.05) is 11.3 Å². The fourth-order valence-electron chi connectivity index (χ4n) is 4.50. The molecule has 0 unspecified atom stereocenters. The molecule has 30 heavy (non-hydrogen) atoms. The van der Waals surface area contributed by atoms with Crippen molar-refractivity contribution in [3.05, 3.63) is 22.4 Å². The summed E-state index contributed by atoms with van der Waals surface area (Å²) in [4.78, 5) is 6.48. The van der Waals surface area contributed by atoms with Gasteiger partial charge in [-0.2, -0.15) is 0 Å². The molecule has 0 radical (unpaired) electrons. The van der Waals surface area contributed by atoms with Crippen molar-refractivity contribution in [2.45, 2.75) is 70.3 Å². The summed E-state index contributed by atoms with van der Waals surface area (Å²) < 4.78 is 25.8. The Morgan fingerprint density at radius 1 is 1.23 bits per heavy atom. The SMILES string of the molecule is CCNC(=NCC1(c2cccs2)CCCCC1)NC1CCN(S(=O)(=O)CC)CC1.I. The van der Waals surface area contributed by atoms with Gasteiger partial charge in [-0.15, -0.1) is 35.3 Å². The van der Waals surface area contributed by atoms with Crippen LogP contribution in [0.15, 0.2) is 22.5 Å². The lowest BCUT2D eigenvalue weighted by Crippen LogP contribution is -2.50. The molecule has 172 valence electrons. The fourth-order valence-corrected chi connectivity index (χ4v) is 6.61. The van der Waals surface area contributed by atoms with E-state index < -0.39 is 10.0 Å². The maximum atomic E-state index is 12.1. The standard InChI is InChI=1S/C21H36N4O2S2.HI/c1-3-22-20(24-18-10-14-25(15-11-18)29(26,27)4-2)23-17-21(12-6-5-7-13-21)19-9-8-16-28-19;/h8-9,16,18H,3-7,10-15,17H2,1-2H3,(H2,22,23,24);1H. The molecule has 1 aliphatic carbocycles. The molecule has 0 atom stereocenters. The molecule has 2 aliphatic rings. The number of piperidine rings is 1. The molecule has 2 heterocycles. The number of rotatable bonds is 7. The largest absolute Gasteiger partial charge is 0.357 e. The number of thiophene rings is 1. The second-order valence-electron chi connectivity index (χ2n) is 8.23. The van der Waals surface area contributed by atoms with Crippen molar-refractivity contribution < 1.29 is 8.42 Å². The summed E-state index contributed by atoms with van der Waals surface area (Å²) >= 11 is 1.86. The van der Waals surface area contributed by atoms with Gasteiger partial charge >= 0.3 is 0 Å². The van der Waals surface area contributed by atoms with Crippen LogP contribution in [0.25, 0.3) is 0 Å². The summed E-state index contributed by atoms with van der Waals surface area (Å²) in [6.45, 7) is 6.61. The Morgan fingerprint density at radius 2 is 1.93 bits per heavy atom. The van der Waals surface area contributed by atoms with Gasteiger partial charge in [0, 0.05) is 36.0 Å². The molecule has 0 spiro atoms. The van der Waals surface area contributed by atoms with Crippen LogP contribution in [0.3, 0.4) is 0 Å². The predicted molar refractivity (Wildman–Crippen MR) is 138 cm³/mol. The Bertz CT molecular complexity index is 754. The lowest BCUT2D eigenvalue weighted by Gasteiger charge is -2.36. The minimum absolute atomic E-state index is 0. The van der Waals surface area contributed by atoms with E-state index in [9.17, 15) is 8.42 Å². The molecule has 0 bridgehead atoms. The van der Waals surface area contributed by atoms with Gasteiger partial charge in [0.15, 0.2) is 5.96 Å². The summed E-state index contributed by atoms with van der Waals surface area (Å²) in [5.74, 6) is 1.05. The molecule has 1 aliphatic heterocycles. The fraction of sp³-hybridized carbons (Fsp3) is 0.762. The average Bonchev–Trinajstić information content (AvgIpc) is 3.29. The van der Waals surface area contributed by atoms with Crippen LogP contribution in [0.2, 0.25) is 0 Å². The van der Waals surface area contributed by atoms with Crippen LogP contribution in [0.5, 0.6) is 0 Å². The van der Waals surface area contributed by atoms with E-state index in [0.717, 1.165) is 31.9 Å². The second-order valence-corrected chi connectivity index (χ2v) is 11.4. The monoisotopic (exact) mass is 568 g/mol. The molecule has 1 aromatic rings. The van der Waals surface area contributed by atoms with Crippen molar-refractivity contribution in [1.82, 2.24) is 14.9 Å². The first-order valence-corrected chi connectivity index (χ1v) is 13.5. The molecule has 9 heteroatoms. The highest BCUT2D eigenvalue weighted by Gasteiger charge is 2.35. The maximum absolute atomic E-state index is 12.1. The van der Waals surface area contributed by atoms with Gasteiger partial charge in [0.2, 0.25) is 10.0 Å². The lowest BCUT2D eigenvalue weighted by molar-refractivity contribution is 0.301. The van der Waals surface area contributed by atoms with E-state index in [1.165, 1.54) is 37.0 Å². The zero-order valence-electron chi connectivity index (χ0n) is 18.2. The van der Waals surface area contributed by atoms with Crippen molar-refractivity contribution in [2.75, 3.05) is 31.9 Å². The molecule has 3 rings (SSSR count). The second kappa shape index (κ2) is 12.0. The summed E-state index contributed by atoms with van der Waals surface area (Å²) in [5, 5.41) is 9.14. The van der Waals surface area contributed by atoms with Crippen molar-refractivity contribution in [3.8, 4) is 0 Å². The quantitative estimate of drug-likeness (QED) is 0.297. The van der Waals surface area contributed by atoms with Gasteiger partial charge in [-0.05, 0) is 51.0 Å². The van der Waals surface area contributed by atoms with Gasteiger partial charge in [-0.1, -0.05) is 25.3 Å². The zero-order chi connectivity index (χ0) is 20.7. The highest BCUT2D eigenvalue weighted by molar-refractivity contribution is 14.0. The smallest absolute Gasteiger partial charge is 0.213 e. The predicted octanol–water partition coefficient (Wildman–Crippen LogP) is 3.94. The number of nitrogens with zero attached hydrogens (tertiary/aromatic N) is 2. The molecule has 1 aromatic heterocycles. The third-order valence-corrected chi connectivity index (χ3v) is 9.29. The minimum Gasteiger partial charge on any atom is -0.357 e. The van der Waals surface area contributed by atoms with Crippen LogP contribution in [0.1, 0.15) is 63.7 Å². The molecule has 0 aromatic carbocycles. The molecule has 2 fully saturated rings. The molecule has 0 amide bonds. The number of hydrogen-bond acceptors (Lipinski definition) is 4. The van der Waals surface area contributed by atoms with Crippen LogP contribution in [0, 0.1) is 0 Å². The number of aliphatic imine (C=N–C) groups is 1. The molecular formula is C21H37IN4O2S2. The number of hydrogen-bond donors (Lipinski definition) is 2. The van der Waals surface area contributed by atoms with Gasteiger partial charge in [0.1, 0.15) is 0 Å². The summed E-state index contributed by atoms with van der Waals surface area (Å²) in [7, 11) is -3.08. The number of guanidine groups is 1. The minimum atomic E-state index is -3.08. The third-order valence-electron chi connectivity index (χ3n) is 6.29. The van der Waals surface area contributed by atoms with E-state index in [0.29, 0.717) is 13.1 Å². The number of halogens is 1. The van der Waals surface area contributed by atoms with E-state index >= 15 is 0 Å². The Morgan fingerprint density at radius 3 is 2.50 bits per heavy atom. The van der Waals surface area contributed by atoms with Gasteiger partial charge in [0.05, 0.1) is 12.3 Å². The zero-order valence-corrected chi connectivity index (χ0v) is 22.2. The Hall–Kier alpha value is -0.390. The highest BCUT2D eigenvalue weighted by atomic mass is 127. The summed E-state index contributed by atoms with van der Waals surface area (Å²) in [6.07, 6.45) is 7.95. The molecule has 6 nitrogen and oxygen atoms in total. The van der Waals surface area contributed by atoms with Crippen molar-refractivity contribution >= 4 is 51.3 Å².